The molecule has 4 aliphatic rings. The molecule has 28 heavy (non-hydrogen) atoms. The van der Waals surface area contributed by atoms with Crippen LogP contribution in [0.3, 0.4) is 0 Å². The van der Waals surface area contributed by atoms with Crippen LogP contribution in [0.25, 0.3) is 0 Å². The molecule has 4 fully saturated rings. The van der Waals surface area contributed by atoms with E-state index in [-0.39, 0.29) is 11.4 Å². The molecule has 1 aromatic heterocycles. The van der Waals surface area contributed by atoms with Gasteiger partial charge in [0.15, 0.2) is 0 Å². The van der Waals surface area contributed by atoms with Crippen LogP contribution in [-0.4, -0.2) is 27.6 Å². The second kappa shape index (κ2) is 7.49. The van der Waals surface area contributed by atoms with E-state index in [1.54, 1.807) is 6.20 Å². The second-order valence-electron chi connectivity index (χ2n) is 8.25. The van der Waals surface area contributed by atoms with Gasteiger partial charge in [-0.15, -0.1) is 0 Å². The van der Waals surface area contributed by atoms with Gasteiger partial charge in [0, 0.05) is 23.8 Å². The number of hydrogen-bond donors (Lipinski definition) is 1. The van der Waals surface area contributed by atoms with E-state index < -0.39 is 0 Å². The average molecular weight is 381 g/mol. The number of allylic oxidation sites excluding steroid dienone is 3. The summed E-state index contributed by atoms with van der Waals surface area (Å²) in [6, 6.07) is 1.51. The Labute approximate surface area is 166 Å². The van der Waals surface area contributed by atoms with Crippen molar-refractivity contribution in [1.29, 1.82) is 0 Å². The SMILES string of the molecule is C=C1CCC(=C(C=NC(C)=NC23CC(C2)C3)CC)NN1Cc1cncc(F)c1. The van der Waals surface area contributed by atoms with Gasteiger partial charge in [-0.25, -0.2) is 9.38 Å². The van der Waals surface area contributed by atoms with Gasteiger partial charge < -0.3 is 5.43 Å². The third kappa shape index (κ3) is 3.86. The number of pyridine rings is 1. The average Bonchev–Trinajstić information content (AvgIpc) is 2.60. The summed E-state index contributed by atoms with van der Waals surface area (Å²) in [5, 5.41) is 1.97. The van der Waals surface area contributed by atoms with E-state index in [0.29, 0.717) is 6.54 Å². The molecular weight excluding hydrogens is 353 g/mol. The fourth-order valence-corrected chi connectivity index (χ4v) is 4.31. The minimum atomic E-state index is -0.323. The molecule has 1 N–H and O–H groups in total. The Bertz CT molecular complexity index is 852. The van der Waals surface area contributed by atoms with Crippen molar-refractivity contribution >= 4 is 12.1 Å². The number of hydrazine groups is 1. The molecule has 0 aromatic carbocycles. The van der Waals surface area contributed by atoms with Crippen LogP contribution in [0.5, 0.6) is 0 Å². The normalized spacial score (nSPS) is 28.7. The third-order valence-corrected chi connectivity index (χ3v) is 6.00. The number of hydrogen-bond acceptors (Lipinski definition) is 4. The maximum absolute atomic E-state index is 13.4. The number of halogens is 1. The maximum Gasteiger partial charge on any atom is 0.141 e. The van der Waals surface area contributed by atoms with Gasteiger partial charge >= 0.3 is 0 Å². The Kier molecular flexibility index (Phi) is 5.04. The zero-order valence-corrected chi connectivity index (χ0v) is 16.7. The highest BCUT2D eigenvalue weighted by molar-refractivity contribution is 5.93. The summed E-state index contributed by atoms with van der Waals surface area (Å²) in [5.74, 6) is 1.47. The van der Waals surface area contributed by atoms with Crippen molar-refractivity contribution in [2.24, 2.45) is 15.9 Å². The van der Waals surface area contributed by atoms with Gasteiger partial charge in [0.2, 0.25) is 0 Å². The molecule has 6 heteroatoms. The van der Waals surface area contributed by atoms with Crippen LogP contribution in [0.1, 0.15) is 57.9 Å². The second-order valence-corrected chi connectivity index (χ2v) is 8.25. The Balaban J connectivity index is 1.46. The van der Waals surface area contributed by atoms with Gasteiger partial charge in [0.05, 0.1) is 18.3 Å². The molecule has 2 heterocycles. The van der Waals surface area contributed by atoms with E-state index in [1.165, 1.54) is 37.1 Å². The maximum atomic E-state index is 13.4. The topological polar surface area (TPSA) is 52.9 Å². The summed E-state index contributed by atoms with van der Waals surface area (Å²) in [7, 11) is 0. The fraction of sp³-hybridized carbons (Fsp3) is 0.500. The van der Waals surface area contributed by atoms with Crippen molar-refractivity contribution in [1.82, 2.24) is 15.4 Å². The molecule has 3 saturated carbocycles. The monoisotopic (exact) mass is 381 g/mol. The summed E-state index contributed by atoms with van der Waals surface area (Å²) < 4.78 is 13.4. The number of nitrogens with one attached hydrogen (secondary N) is 1. The van der Waals surface area contributed by atoms with E-state index in [9.17, 15) is 4.39 Å². The molecule has 5 nitrogen and oxygen atoms in total. The van der Waals surface area contributed by atoms with Crippen LogP contribution in [0.4, 0.5) is 4.39 Å². The van der Waals surface area contributed by atoms with Crippen molar-refractivity contribution in [3.8, 4) is 0 Å². The van der Waals surface area contributed by atoms with Crippen molar-refractivity contribution in [2.45, 2.75) is 64.5 Å². The van der Waals surface area contributed by atoms with Crippen molar-refractivity contribution in [2.75, 3.05) is 0 Å². The van der Waals surface area contributed by atoms with Crippen molar-refractivity contribution in [3.63, 3.8) is 0 Å². The van der Waals surface area contributed by atoms with Crippen molar-refractivity contribution in [3.05, 3.63) is 53.4 Å². The lowest BCUT2D eigenvalue weighted by Gasteiger charge is -2.59. The van der Waals surface area contributed by atoms with E-state index in [2.05, 4.69) is 28.9 Å². The highest BCUT2D eigenvalue weighted by Crippen LogP contribution is 2.59. The van der Waals surface area contributed by atoms with Crippen LogP contribution in [-0.2, 0) is 6.54 Å². The quantitative estimate of drug-likeness (QED) is 0.602. The molecule has 5 rings (SSSR count). The first-order valence-electron chi connectivity index (χ1n) is 10.1. The standard InChI is InChI=1S/C22H28FN5/c1-4-19(12-25-16(3)26-22-8-18(9-22)10-22)21-6-5-15(2)28(27-21)14-17-7-20(23)13-24-11-17/h7,11-13,18,27H,2,4-6,8-10,14H2,1,3H3. The minimum Gasteiger partial charge on any atom is -0.302 e. The molecule has 1 aliphatic heterocycles. The molecule has 1 saturated heterocycles. The van der Waals surface area contributed by atoms with Gasteiger partial charge in [-0.05, 0) is 68.6 Å². The lowest BCUT2D eigenvalue weighted by Crippen LogP contribution is -2.56. The summed E-state index contributed by atoms with van der Waals surface area (Å²) in [4.78, 5) is 13.4. The molecule has 0 amide bonds. The van der Waals surface area contributed by atoms with Crippen LogP contribution < -0.4 is 5.43 Å². The third-order valence-electron chi connectivity index (χ3n) is 6.00. The minimum absolute atomic E-state index is 0.224. The first-order chi connectivity index (χ1) is 13.5. The van der Waals surface area contributed by atoms with Gasteiger partial charge in [-0.3, -0.25) is 15.0 Å². The summed E-state index contributed by atoms with van der Waals surface area (Å²) in [6.45, 7) is 8.79. The lowest BCUT2D eigenvalue weighted by molar-refractivity contribution is -0.0147. The van der Waals surface area contributed by atoms with Gasteiger partial charge in [0.25, 0.3) is 0 Å². The van der Waals surface area contributed by atoms with Crippen molar-refractivity contribution < 1.29 is 4.39 Å². The predicted molar refractivity (Wildman–Crippen MR) is 110 cm³/mol. The largest absolute Gasteiger partial charge is 0.302 e. The molecule has 2 bridgehead atoms. The van der Waals surface area contributed by atoms with Crippen LogP contribution >= 0.6 is 0 Å². The van der Waals surface area contributed by atoms with Gasteiger partial charge in [-0.1, -0.05) is 13.5 Å². The summed E-state index contributed by atoms with van der Waals surface area (Å²) in [5.41, 5.74) is 7.79. The Morgan fingerprint density at radius 1 is 1.39 bits per heavy atom. The van der Waals surface area contributed by atoms with Crippen LogP contribution in [0.2, 0.25) is 0 Å². The lowest BCUT2D eigenvalue weighted by atomic mass is 9.50. The molecule has 0 spiro atoms. The number of rotatable bonds is 5. The molecule has 3 aliphatic carbocycles. The Hall–Kier alpha value is -2.50. The molecule has 0 unspecified atom stereocenters. The van der Waals surface area contributed by atoms with Crippen LogP contribution in [0, 0.1) is 11.7 Å². The van der Waals surface area contributed by atoms with E-state index in [1.807, 2.05) is 18.1 Å². The highest BCUT2D eigenvalue weighted by atomic mass is 19.1. The fourth-order valence-electron chi connectivity index (χ4n) is 4.31. The predicted octanol–water partition coefficient (Wildman–Crippen LogP) is 4.54. The molecule has 0 radical (unpaired) electrons. The molecule has 148 valence electrons. The molecule has 0 atom stereocenters. The van der Waals surface area contributed by atoms with E-state index >= 15 is 0 Å². The van der Waals surface area contributed by atoms with Crippen LogP contribution in [0.15, 0.2) is 52.0 Å². The number of aliphatic imine (C=N–C) groups is 2. The van der Waals surface area contributed by atoms with Gasteiger partial charge in [-0.2, -0.15) is 0 Å². The van der Waals surface area contributed by atoms with E-state index in [0.717, 1.165) is 48.0 Å². The Morgan fingerprint density at radius 2 is 2.18 bits per heavy atom. The smallest absolute Gasteiger partial charge is 0.141 e. The van der Waals surface area contributed by atoms with Gasteiger partial charge in [0.1, 0.15) is 11.7 Å². The summed E-state index contributed by atoms with van der Waals surface area (Å²) >= 11 is 0. The first-order valence-corrected chi connectivity index (χ1v) is 10.1. The van der Waals surface area contributed by atoms with E-state index in [4.69, 9.17) is 4.99 Å². The summed E-state index contributed by atoms with van der Waals surface area (Å²) in [6.07, 6.45) is 11.2. The number of amidine groups is 1. The highest BCUT2D eigenvalue weighted by Gasteiger charge is 2.56. The number of aromatic nitrogens is 1. The zero-order valence-electron chi connectivity index (χ0n) is 16.7. The molecular formula is C22H28FN5. The molecule has 1 aromatic rings. The first kappa shape index (κ1) is 18.8. The zero-order chi connectivity index (χ0) is 19.7. The Morgan fingerprint density at radius 3 is 2.82 bits per heavy atom. The number of nitrogens with zero attached hydrogens (tertiary/aromatic N) is 4.